The zero-order valence-corrected chi connectivity index (χ0v) is 10.3. The predicted octanol–water partition coefficient (Wildman–Crippen LogP) is 2.72. The quantitative estimate of drug-likeness (QED) is 0.651. The molecule has 10 heteroatoms. The van der Waals surface area contributed by atoms with Gasteiger partial charge in [0.2, 0.25) is 0 Å². The van der Waals surface area contributed by atoms with Crippen LogP contribution in [0.4, 0.5) is 36.4 Å². The summed E-state index contributed by atoms with van der Waals surface area (Å²) >= 11 is 0. The number of nitrogens with one attached hydrogen (secondary N) is 1. The van der Waals surface area contributed by atoms with E-state index in [9.17, 15) is 30.7 Å². The number of benzene rings is 1. The van der Waals surface area contributed by atoms with E-state index in [2.05, 4.69) is 5.32 Å². The summed E-state index contributed by atoms with van der Waals surface area (Å²) in [5.41, 5.74) is -1.02. The van der Waals surface area contributed by atoms with Crippen LogP contribution in [-0.2, 0) is 12.5 Å². The number of hydrogen-bond donors (Lipinski definition) is 2. The lowest BCUT2D eigenvalue weighted by atomic mass is 9.98. The van der Waals surface area contributed by atoms with Crippen molar-refractivity contribution in [1.29, 1.82) is 0 Å². The molecule has 3 nitrogen and oxygen atoms in total. The zero-order chi connectivity index (χ0) is 16.1. The van der Waals surface area contributed by atoms with Gasteiger partial charge in [-0.15, -0.1) is 0 Å². The first kappa shape index (κ1) is 15.8. The molecule has 1 aromatic carbocycles. The SMILES string of the molecule is NN1CNCc2cc(C(F)(F)C(F)(F)C(F)(F)F)ccc21. The third-order valence-electron chi connectivity index (χ3n) is 3.10. The number of rotatable bonds is 2. The van der Waals surface area contributed by atoms with Gasteiger partial charge in [0.05, 0.1) is 12.4 Å². The number of nitrogens with two attached hydrogens (primary N) is 1. The number of hydrazine groups is 1. The number of hydrogen-bond acceptors (Lipinski definition) is 3. The summed E-state index contributed by atoms with van der Waals surface area (Å²) in [4.78, 5) is 0. The van der Waals surface area contributed by atoms with Gasteiger partial charge in [-0.2, -0.15) is 30.7 Å². The number of anilines is 1. The van der Waals surface area contributed by atoms with Crippen molar-refractivity contribution in [1.82, 2.24) is 5.32 Å². The summed E-state index contributed by atoms with van der Waals surface area (Å²) < 4.78 is 89.5. The van der Waals surface area contributed by atoms with Gasteiger partial charge in [-0.05, 0) is 17.7 Å². The summed E-state index contributed by atoms with van der Waals surface area (Å²) in [6.45, 7) is 0.228. The van der Waals surface area contributed by atoms with E-state index in [1.54, 1.807) is 0 Å². The van der Waals surface area contributed by atoms with Crippen LogP contribution in [-0.4, -0.2) is 18.8 Å². The lowest BCUT2D eigenvalue weighted by Gasteiger charge is -2.31. The largest absolute Gasteiger partial charge is 0.460 e. The van der Waals surface area contributed by atoms with Gasteiger partial charge in [-0.1, -0.05) is 6.07 Å². The minimum absolute atomic E-state index is 0.0323. The van der Waals surface area contributed by atoms with Crippen molar-refractivity contribution in [3.63, 3.8) is 0 Å². The lowest BCUT2D eigenvalue weighted by molar-refractivity contribution is -0.359. The Bertz CT molecular complexity index is 541. The molecule has 0 aliphatic carbocycles. The maximum Gasteiger partial charge on any atom is 0.460 e. The van der Waals surface area contributed by atoms with E-state index in [4.69, 9.17) is 5.84 Å². The second-order valence-electron chi connectivity index (χ2n) is 4.54. The monoisotopic (exact) mass is 317 g/mol. The van der Waals surface area contributed by atoms with Crippen molar-refractivity contribution < 1.29 is 30.7 Å². The first-order chi connectivity index (χ1) is 9.48. The molecule has 3 N–H and O–H groups in total. The van der Waals surface area contributed by atoms with Crippen LogP contribution in [0.15, 0.2) is 18.2 Å². The number of fused-ring (bicyclic) bond motifs is 1. The summed E-state index contributed by atoms with van der Waals surface area (Å²) in [5.74, 6) is -6.03. The van der Waals surface area contributed by atoms with Gasteiger partial charge in [-0.25, -0.2) is 5.84 Å². The normalized spacial score (nSPS) is 16.9. The Hall–Kier alpha value is -1.55. The van der Waals surface area contributed by atoms with Crippen LogP contribution < -0.4 is 16.2 Å². The molecule has 0 amide bonds. The molecule has 1 heterocycles. The summed E-state index contributed by atoms with van der Waals surface area (Å²) in [7, 11) is 0. The first-order valence-corrected chi connectivity index (χ1v) is 5.67. The summed E-state index contributed by atoms with van der Waals surface area (Å²) in [6, 6.07) is 2.11. The van der Waals surface area contributed by atoms with Crippen LogP contribution in [0.25, 0.3) is 0 Å². The number of halogens is 7. The van der Waals surface area contributed by atoms with E-state index in [-0.39, 0.29) is 24.5 Å². The van der Waals surface area contributed by atoms with Crippen molar-refractivity contribution in [2.75, 3.05) is 11.7 Å². The highest BCUT2D eigenvalue weighted by molar-refractivity contribution is 5.56. The van der Waals surface area contributed by atoms with E-state index in [0.717, 1.165) is 11.1 Å². The molecule has 0 atom stereocenters. The second-order valence-corrected chi connectivity index (χ2v) is 4.54. The molecule has 2 rings (SSSR count). The fraction of sp³-hybridized carbons (Fsp3) is 0.455. The zero-order valence-electron chi connectivity index (χ0n) is 10.3. The number of nitrogens with zero attached hydrogens (tertiary/aromatic N) is 1. The topological polar surface area (TPSA) is 41.3 Å². The van der Waals surface area contributed by atoms with E-state index >= 15 is 0 Å². The van der Waals surface area contributed by atoms with E-state index in [1.165, 1.54) is 0 Å². The fourth-order valence-electron chi connectivity index (χ4n) is 1.96. The summed E-state index contributed by atoms with van der Waals surface area (Å²) in [6.07, 6.45) is -6.36. The van der Waals surface area contributed by atoms with E-state index < -0.39 is 23.6 Å². The van der Waals surface area contributed by atoms with Gasteiger partial charge in [-0.3, -0.25) is 10.3 Å². The van der Waals surface area contributed by atoms with E-state index in [0.29, 0.717) is 12.1 Å². The maximum atomic E-state index is 13.6. The predicted molar refractivity (Wildman–Crippen MR) is 59.7 cm³/mol. The third-order valence-corrected chi connectivity index (χ3v) is 3.10. The van der Waals surface area contributed by atoms with Crippen LogP contribution in [0.1, 0.15) is 11.1 Å². The van der Waals surface area contributed by atoms with Crippen molar-refractivity contribution >= 4 is 5.69 Å². The molecule has 0 unspecified atom stereocenters. The molecule has 1 aliphatic rings. The first-order valence-electron chi connectivity index (χ1n) is 5.67. The minimum atomic E-state index is -6.36. The molecule has 0 aromatic heterocycles. The third kappa shape index (κ3) is 2.42. The van der Waals surface area contributed by atoms with Crippen LogP contribution in [0.3, 0.4) is 0 Å². The van der Waals surface area contributed by atoms with Crippen molar-refractivity contribution in [3.05, 3.63) is 29.3 Å². The highest BCUT2D eigenvalue weighted by Gasteiger charge is 2.73. The fourth-order valence-corrected chi connectivity index (χ4v) is 1.96. The Morgan fingerprint density at radius 1 is 1.05 bits per heavy atom. The van der Waals surface area contributed by atoms with Gasteiger partial charge in [0.25, 0.3) is 0 Å². The maximum absolute atomic E-state index is 13.6. The Morgan fingerprint density at radius 3 is 2.24 bits per heavy atom. The Labute approximate surface area is 114 Å². The molecule has 0 radical (unpaired) electrons. The van der Waals surface area contributed by atoms with Crippen LogP contribution in [0, 0.1) is 0 Å². The van der Waals surface area contributed by atoms with Gasteiger partial charge >= 0.3 is 18.0 Å². The Balaban J connectivity index is 2.46. The second kappa shape index (κ2) is 4.73. The molecule has 0 fully saturated rings. The molecular formula is C11H10F7N3. The molecular weight excluding hydrogens is 307 g/mol. The average molecular weight is 317 g/mol. The van der Waals surface area contributed by atoms with Crippen molar-refractivity contribution in [2.45, 2.75) is 24.6 Å². The standard InChI is InChI=1S/C11H10F7N3/c12-9(13,10(14,15)11(16,17)18)7-1-2-8-6(3-7)4-20-5-21(8)19/h1-3,20H,4-5,19H2. The molecule has 0 saturated heterocycles. The van der Waals surface area contributed by atoms with Gasteiger partial charge in [0, 0.05) is 12.1 Å². The van der Waals surface area contributed by atoms with Gasteiger partial charge < -0.3 is 0 Å². The lowest BCUT2D eigenvalue weighted by Crippen LogP contribution is -2.50. The van der Waals surface area contributed by atoms with Crippen LogP contribution in [0.5, 0.6) is 0 Å². The Morgan fingerprint density at radius 2 is 1.67 bits per heavy atom. The Kier molecular flexibility index (Phi) is 3.57. The molecule has 1 aliphatic heterocycles. The molecule has 21 heavy (non-hydrogen) atoms. The van der Waals surface area contributed by atoms with Crippen LogP contribution in [0.2, 0.25) is 0 Å². The highest BCUT2D eigenvalue weighted by atomic mass is 19.4. The highest BCUT2D eigenvalue weighted by Crippen LogP contribution is 2.52. The summed E-state index contributed by atoms with van der Waals surface area (Å²) in [5, 5.41) is 3.81. The van der Waals surface area contributed by atoms with Crippen molar-refractivity contribution in [3.8, 4) is 0 Å². The van der Waals surface area contributed by atoms with Crippen molar-refractivity contribution in [2.24, 2.45) is 5.84 Å². The van der Waals surface area contributed by atoms with Gasteiger partial charge in [0.1, 0.15) is 0 Å². The smallest absolute Gasteiger partial charge is 0.297 e. The van der Waals surface area contributed by atoms with E-state index in [1.807, 2.05) is 0 Å². The molecule has 118 valence electrons. The molecule has 0 spiro atoms. The number of alkyl halides is 7. The molecule has 1 aromatic rings. The molecule has 0 bridgehead atoms. The van der Waals surface area contributed by atoms with Gasteiger partial charge in [0.15, 0.2) is 0 Å². The minimum Gasteiger partial charge on any atom is -0.297 e. The van der Waals surface area contributed by atoms with Crippen LogP contribution >= 0.6 is 0 Å². The average Bonchev–Trinajstić information content (AvgIpc) is 2.37. The molecule has 0 saturated carbocycles.